The molecule has 0 atom stereocenters. The second kappa shape index (κ2) is 5.19. The summed E-state index contributed by atoms with van der Waals surface area (Å²) >= 11 is 5.67. The quantitative estimate of drug-likeness (QED) is 0.836. The van der Waals surface area contributed by atoms with Gasteiger partial charge in [-0.3, -0.25) is 0 Å². The van der Waals surface area contributed by atoms with Crippen molar-refractivity contribution in [1.82, 2.24) is 4.98 Å². The van der Waals surface area contributed by atoms with Crippen molar-refractivity contribution in [2.24, 2.45) is 0 Å². The first-order valence-electron chi connectivity index (χ1n) is 5.29. The Bertz CT molecular complexity index is 487. The summed E-state index contributed by atoms with van der Waals surface area (Å²) in [7, 11) is 0. The van der Waals surface area contributed by atoms with Crippen LogP contribution < -0.4 is 4.90 Å². The van der Waals surface area contributed by atoms with E-state index in [0.29, 0.717) is 18.1 Å². The maximum absolute atomic E-state index is 13.7. The van der Waals surface area contributed by atoms with Gasteiger partial charge in [-0.05, 0) is 25.1 Å². The Labute approximate surface area is 104 Å². The fraction of sp³-hybridized carbons (Fsp3) is 0.250. The van der Waals surface area contributed by atoms with E-state index >= 15 is 0 Å². The third kappa shape index (κ3) is 2.77. The molecule has 0 spiro atoms. The van der Waals surface area contributed by atoms with Gasteiger partial charge < -0.3 is 9.32 Å². The van der Waals surface area contributed by atoms with Gasteiger partial charge in [0.1, 0.15) is 5.76 Å². The van der Waals surface area contributed by atoms with Crippen molar-refractivity contribution in [2.45, 2.75) is 13.5 Å². The third-order valence-electron chi connectivity index (χ3n) is 2.40. The lowest BCUT2D eigenvalue weighted by Crippen LogP contribution is -2.23. The number of hydrogen-bond donors (Lipinski definition) is 0. The molecule has 0 fully saturated rings. The molecule has 0 amide bonds. The van der Waals surface area contributed by atoms with Crippen LogP contribution in [0.25, 0.3) is 0 Å². The van der Waals surface area contributed by atoms with Gasteiger partial charge in [0.15, 0.2) is 11.6 Å². The van der Waals surface area contributed by atoms with Gasteiger partial charge in [-0.1, -0.05) is 11.6 Å². The highest BCUT2D eigenvalue weighted by Crippen LogP contribution is 2.21. The van der Waals surface area contributed by atoms with Gasteiger partial charge in [-0.2, -0.15) is 0 Å². The topological polar surface area (TPSA) is 29.3 Å². The number of aromatic nitrogens is 1. The van der Waals surface area contributed by atoms with E-state index in [0.717, 1.165) is 5.76 Å². The first-order valence-corrected chi connectivity index (χ1v) is 5.67. The van der Waals surface area contributed by atoms with Gasteiger partial charge in [0, 0.05) is 12.7 Å². The van der Waals surface area contributed by atoms with Crippen LogP contribution in [0.4, 0.5) is 10.2 Å². The second-order valence-corrected chi connectivity index (χ2v) is 3.99. The molecule has 0 unspecified atom stereocenters. The predicted molar refractivity (Wildman–Crippen MR) is 64.6 cm³/mol. The summed E-state index contributed by atoms with van der Waals surface area (Å²) in [6, 6.07) is 4.90. The third-order valence-corrected chi connectivity index (χ3v) is 2.60. The zero-order chi connectivity index (χ0) is 12.3. The molecule has 0 N–H and O–H groups in total. The molecule has 0 radical (unpaired) electrons. The first kappa shape index (κ1) is 11.9. The van der Waals surface area contributed by atoms with Gasteiger partial charge in [-0.15, -0.1) is 0 Å². The first-order chi connectivity index (χ1) is 8.20. The standard InChI is InChI=1S/C12H12ClFN2O/c1-2-16(8-10-4-3-5-17-10)12-11(14)6-9(13)7-15-12/h3-7H,2,8H2,1H3. The summed E-state index contributed by atoms with van der Waals surface area (Å²) in [5.74, 6) is 0.627. The molecule has 0 aliphatic rings. The fourth-order valence-corrected chi connectivity index (χ4v) is 1.71. The molecule has 0 saturated heterocycles. The predicted octanol–water partition coefficient (Wildman–Crippen LogP) is 3.49. The smallest absolute Gasteiger partial charge is 0.167 e. The van der Waals surface area contributed by atoms with Gasteiger partial charge in [-0.25, -0.2) is 9.37 Å². The molecule has 3 nitrogen and oxygen atoms in total. The largest absolute Gasteiger partial charge is 0.467 e. The van der Waals surface area contributed by atoms with Crippen LogP contribution in [0.3, 0.4) is 0 Å². The molecule has 2 heterocycles. The van der Waals surface area contributed by atoms with Crippen LogP contribution in [0.2, 0.25) is 5.02 Å². The summed E-state index contributed by atoms with van der Waals surface area (Å²) in [6.45, 7) is 3.04. The molecular weight excluding hydrogens is 243 g/mol. The zero-order valence-corrected chi connectivity index (χ0v) is 10.1. The Morgan fingerprint density at radius 3 is 2.94 bits per heavy atom. The summed E-state index contributed by atoms with van der Waals surface area (Å²) in [6.07, 6.45) is 3.03. The Morgan fingerprint density at radius 1 is 1.53 bits per heavy atom. The van der Waals surface area contributed by atoms with Crippen LogP contribution in [0.5, 0.6) is 0 Å². The molecule has 2 aromatic rings. The van der Waals surface area contributed by atoms with E-state index < -0.39 is 5.82 Å². The molecule has 0 aliphatic carbocycles. The van der Waals surface area contributed by atoms with Crippen LogP contribution in [0, 0.1) is 5.82 Å². The highest BCUT2D eigenvalue weighted by atomic mass is 35.5. The molecule has 5 heteroatoms. The highest BCUT2D eigenvalue weighted by molar-refractivity contribution is 6.30. The van der Waals surface area contributed by atoms with E-state index in [2.05, 4.69) is 4.98 Å². The monoisotopic (exact) mass is 254 g/mol. The van der Waals surface area contributed by atoms with E-state index in [1.807, 2.05) is 13.0 Å². The van der Waals surface area contributed by atoms with Crippen LogP contribution in [0.1, 0.15) is 12.7 Å². The molecule has 0 aromatic carbocycles. The molecule has 2 rings (SSSR count). The lowest BCUT2D eigenvalue weighted by molar-refractivity contribution is 0.500. The van der Waals surface area contributed by atoms with Crippen molar-refractivity contribution in [1.29, 1.82) is 0 Å². The van der Waals surface area contributed by atoms with E-state index in [1.165, 1.54) is 12.3 Å². The Hall–Kier alpha value is -1.55. The average molecular weight is 255 g/mol. The lowest BCUT2D eigenvalue weighted by atomic mass is 10.3. The van der Waals surface area contributed by atoms with Crippen molar-refractivity contribution < 1.29 is 8.81 Å². The van der Waals surface area contributed by atoms with Gasteiger partial charge >= 0.3 is 0 Å². The number of hydrogen-bond acceptors (Lipinski definition) is 3. The minimum absolute atomic E-state index is 0.285. The number of pyridine rings is 1. The maximum Gasteiger partial charge on any atom is 0.167 e. The number of halogens is 2. The molecule has 17 heavy (non-hydrogen) atoms. The van der Waals surface area contributed by atoms with E-state index in [9.17, 15) is 4.39 Å². The molecule has 2 aromatic heterocycles. The average Bonchev–Trinajstić information content (AvgIpc) is 2.79. The summed E-state index contributed by atoms with van der Waals surface area (Å²) < 4.78 is 18.9. The van der Waals surface area contributed by atoms with Crippen molar-refractivity contribution in [3.05, 3.63) is 47.3 Å². The van der Waals surface area contributed by atoms with Gasteiger partial charge in [0.05, 0.1) is 17.8 Å². The molecule has 90 valence electrons. The summed E-state index contributed by atoms with van der Waals surface area (Å²) in [4.78, 5) is 5.79. The Balaban J connectivity index is 2.23. The van der Waals surface area contributed by atoms with Gasteiger partial charge in [0.25, 0.3) is 0 Å². The van der Waals surface area contributed by atoms with Crippen LogP contribution in [0.15, 0.2) is 35.1 Å². The molecule has 0 bridgehead atoms. The Morgan fingerprint density at radius 2 is 2.35 bits per heavy atom. The van der Waals surface area contributed by atoms with Crippen molar-refractivity contribution in [2.75, 3.05) is 11.4 Å². The van der Waals surface area contributed by atoms with Gasteiger partial charge in [0.2, 0.25) is 0 Å². The molecular formula is C12H12ClFN2O. The summed E-state index contributed by atoms with van der Waals surface area (Å²) in [5, 5.41) is 0.292. The number of nitrogens with zero attached hydrogens (tertiary/aromatic N) is 2. The number of furan rings is 1. The fourth-order valence-electron chi connectivity index (χ4n) is 1.57. The van der Waals surface area contributed by atoms with E-state index in [1.54, 1.807) is 17.2 Å². The summed E-state index contributed by atoms with van der Waals surface area (Å²) in [5.41, 5.74) is 0. The van der Waals surface area contributed by atoms with E-state index in [4.69, 9.17) is 16.0 Å². The number of rotatable bonds is 4. The van der Waals surface area contributed by atoms with Crippen molar-refractivity contribution in [3.63, 3.8) is 0 Å². The SMILES string of the molecule is CCN(Cc1ccco1)c1ncc(Cl)cc1F. The van der Waals surface area contributed by atoms with Crippen LogP contribution >= 0.6 is 11.6 Å². The molecule has 0 aliphatic heterocycles. The van der Waals surface area contributed by atoms with Crippen LogP contribution in [-0.4, -0.2) is 11.5 Å². The minimum atomic E-state index is -0.425. The van der Waals surface area contributed by atoms with E-state index in [-0.39, 0.29) is 5.82 Å². The minimum Gasteiger partial charge on any atom is -0.467 e. The zero-order valence-electron chi connectivity index (χ0n) is 9.36. The van der Waals surface area contributed by atoms with Crippen molar-refractivity contribution >= 4 is 17.4 Å². The maximum atomic E-state index is 13.7. The molecule has 0 saturated carbocycles. The number of anilines is 1. The normalized spacial score (nSPS) is 10.5. The lowest BCUT2D eigenvalue weighted by Gasteiger charge is -2.21. The Kier molecular flexibility index (Phi) is 3.64. The van der Waals surface area contributed by atoms with Crippen molar-refractivity contribution in [3.8, 4) is 0 Å². The van der Waals surface area contributed by atoms with Crippen LogP contribution in [-0.2, 0) is 6.54 Å². The second-order valence-electron chi connectivity index (χ2n) is 3.55. The highest BCUT2D eigenvalue weighted by Gasteiger charge is 2.13.